The Balaban J connectivity index is 0. The second-order valence-corrected chi connectivity index (χ2v) is 2.36. The van der Waals surface area contributed by atoms with Crippen LogP contribution in [-0.2, 0) is 14.3 Å². The van der Waals surface area contributed by atoms with Crippen molar-refractivity contribution in [3.05, 3.63) is 12.7 Å². The van der Waals surface area contributed by atoms with Gasteiger partial charge < -0.3 is 4.74 Å². The third kappa shape index (κ3) is 18.1. The first-order valence-corrected chi connectivity index (χ1v) is 4.37. The van der Waals surface area contributed by atoms with Crippen molar-refractivity contribution < 1.29 is 14.3 Å². The largest absolute Gasteiger partial charge is 0.466 e. The van der Waals surface area contributed by atoms with E-state index in [1.807, 2.05) is 13.8 Å². The maximum atomic E-state index is 10.1. The predicted octanol–water partition coefficient (Wildman–Crippen LogP) is 2.11. The molecule has 0 bridgehead atoms. The maximum absolute atomic E-state index is 10.1. The van der Waals surface area contributed by atoms with E-state index < -0.39 is 0 Å². The average molecular weight is 186 g/mol. The minimum Gasteiger partial charge on any atom is -0.466 e. The van der Waals surface area contributed by atoms with Crippen LogP contribution in [0.15, 0.2) is 12.7 Å². The number of carbonyl (C=O) groups is 2. The Morgan fingerprint density at radius 2 is 1.92 bits per heavy atom. The van der Waals surface area contributed by atoms with Crippen LogP contribution in [0.2, 0.25) is 0 Å². The van der Waals surface area contributed by atoms with E-state index in [9.17, 15) is 9.59 Å². The summed E-state index contributed by atoms with van der Waals surface area (Å²) in [6.45, 7) is 9.02. The van der Waals surface area contributed by atoms with Gasteiger partial charge in [-0.3, -0.25) is 9.59 Å². The molecule has 76 valence electrons. The molecule has 0 unspecified atom stereocenters. The normalized spacial score (nSPS) is 7.92. The van der Waals surface area contributed by atoms with Crippen LogP contribution in [0.1, 0.15) is 33.6 Å². The van der Waals surface area contributed by atoms with Crippen molar-refractivity contribution in [2.75, 3.05) is 6.61 Å². The fourth-order valence-electron chi connectivity index (χ4n) is 0.390. The second-order valence-electron chi connectivity index (χ2n) is 2.36. The number of ether oxygens (including phenoxy) is 1. The molecule has 0 aliphatic heterocycles. The van der Waals surface area contributed by atoms with Gasteiger partial charge in [0.1, 0.15) is 0 Å². The summed E-state index contributed by atoms with van der Waals surface area (Å²) in [6, 6.07) is 0. The molecule has 0 rings (SSSR count). The molecule has 0 radical (unpaired) electrons. The fraction of sp³-hybridized carbons (Fsp3) is 0.600. The van der Waals surface area contributed by atoms with Crippen molar-refractivity contribution in [3.8, 4) is 0 Å². The van der Waals surface area contributed by atoms with E-state index in [1.165, 1.54) is 13.0 Å². The summed E-state index contributed by atoms with van der Waals surface area (Å²) in [4.78, 5) is 20.0. The lowest BCUT2D eigenvalue weighted by atomic mass is 10.3. The lowest BCUT2D eigenvalue weighted by molar-refractivity contribution is -0.140. The summed E-state index contributed by atoms with van der Waals surface area (Å²) in [5.41, 5.74) is 0. The maximum Gasteiger partial charge on any atom is 0.302 e. The van der Waals surface area contributed by atoms with E-state index >= 15 is 0 Å². The molecule has 0 fully saturated rings. The van der Waals surface area contributed by atoms with E-state index in [2.05, 4.69) is 11.3 Å². The molecule has 0 saturated heterocycles. The molecule has 3 heteroatoms. The number of allylic oxidation sites excluding steroid dienone is 1. The van der Waals surface area contributed by atoms with Crippen LogP contribution < -0.4 is 0 Å². The highest BCUT2D eigenvalue weighted by molar-refractivity contribution is 5.88. The second kappa shape index (κ2) is 10.9. The average Bonchev–Trinajstić information content (AvgIpc) is 2.14. The molecular weight excluding hydrogens is 168 g/mol. The number of rotatable bonds is 4. The van der Waals surface area contributed by atoms with Gasteiger partial charge in [0.05, 0.1) is 6.61 Å². The molecule has 0 saturated carbocycles. The van der Waals surface area contributed by atoms with E-state index in [0.29, 0.717) is 13.0 Å². The molecule has 0 amide bonds. The summed E-state index contributed by atoms with van der Waals surface area (Å²) in [6.07, 6.45) is 2.81. The van der Waals surface area contributed by atoms with E-state index in [4.69, 9.17) is 0 Å². The van der Waals surface area contributed by atoms with Gasteiger partial charge >= 0.3 is 5.97 Å². The first-order chi connectivity index (χ1) is 6.08. The quantitative estimate of drug-likeness (QED) is 0.499. The summed E-state index contributed by atoms with van der Waals surface area (Å²) in [7, 11) is 0. The molecule has 0 aromatic carbocycles. The third-order valence-corrected chi connectivity index (χ3v) is 1.09. The van der Waals surface area contributed by atoms with E-state index in [-0.39, 0.29) is 11.8 Å². The summed E-state index contributed by atoms with van der Waals surface area (Å²) in [5, 5.41) is 0. The van der Waals surface area contributed by atoms with Crippen LogP contribution in [0.5, 0.6) is 0 Å². The minimum atomic E-state index is -0.193. The van der Waals surface area contributed by atoms with Gasteiger partial charge in [0, 0.05) is 13.3 Å². The Kier molecular flexibility index (Phi) is 12.1. The Bertz CT molecular complexity index is 162. The van der Waals surface area contributed by atoms with Gasteiger partial charge in [-0.15, -0.1) is 0 Å². The van der Waals surface area contributed by atoms with Gasteiger partial charge in [-0.2, -0.15) is 0 Å². The zero-order chi connectivity index (χ0) is 10.7. The van der Waals surface area contributed by atoms with Crippen molar-refractivity contribution in [3.63, 3.8) is 0 Å². The summed E-state index contributed by atoms with van der Waals surface area (Å²) >= 11 is 0. The van der Waals surface area contributed by atoms with Crippen molar-refractivity contribution in [1.29, 1.82) is 0 Å². The van der Waals surface area contributed by atoms with Gasteiger partial charge in [0.25, 0.3) is 0 Å². The van der Waals surface area contributed by atoms with Crippen molar-refractivity contribution in [1.82, 2.24) is 0 Å². The number of hydrogen-bond donors (Lipinski definition) is 0. The van der Waals surface area contributed by atoms with Crippen LogP contribution in [-0.4, -0.2) is 18.4 Å². The summed E-state index contributed by atoms with van der Waals surface area (Å²) in [5.74, 6) is -0.0862. The Labute approximate surface area is 79.8 Å². The monoisotopic (exact) mass is 186 g/mol. The van der Waals surface area contributed by atoms with E-state index in [0.717, 1.165) is 6.42 Å². The molecule has 0 aromatic heterocycles. The zero-order valence-electron chi connectivity index (χ0n) is 8.63. The lowest BCUT2D eigenvalue weighted by Gasteiger charge is -1.93. The Hall–Kier alpha value is -1.12. The molecule has 0 spiro atoms. The molecular formula is C10H18O3. The lowest BCUT2D eigenvalue weighted by Crippen LogP contribution is -1.98. The molecule has 0 aliphatic carbocycles. The zero-order valence-corrected chi connectivity index (χ0v) is 8.63. The van der Waals surface area contributed by atoms with Gasteiger partial charge in [-0.25, -0.2) is 0 Å². The molecule has 0 heterocycles. The minimum absolute atomic E-state index is 0.106. The fourth-order valence-corrected chi connectivity index (χ4v) is 0.390. The van der Waals surface area contributed by atoms with Gasteiger partial charge in [0.2, 0.25) is 0 Å². The van der Waals surface area contributed by atoms with Crippen LogP contribution in [0.4, 0.5) is 0 Å². The number of hydrogen-bond acceptors (Lipinski definition) is 3. The highest BCUT2D eigenvalue weighted by Gasteiger charge is 1.85. The molecule has 3 nitrogen and oxygen atoms in total. The SMILES string of the molecule is C=CC(=O)CC.CCCOC(C)=O. The van der Waals surface area contributed by atoms with Crippen LogP contribution in [0, 0.1) is 0 Å². The van der Waals surface area contributed by atoms with Gasteiger partial charge in [-0.1, -0.05) is 20.4 Å². The predicted molar refractivity (Wildman–Crippen MR) is 52.4 cm³/mol. The summed E-state index contributed by atoms with van der Waals surface area (Å²) < 4.78 is 4.55. The van der Waals surface area contributed by atoms with Crippen molar-refractivity contribution in [2.45, 2.75) is 33.6 Å². The highest BCUT2D eigenvalue weighted by Crippen LogP contribution is 1.78. The van der Waals surface area contributed by atoms with Crippen LogP contribution in [0.25, 0.3) is 0 Å². The first kappa shape index (κ1) is 14.4. The molecule has 0 aliphatic rings. The van der Waals surface area contributed by atoms with Crippen LogP contribution in [0.3, 0.4) is 0 Å². The highest BCUT2D eigenvalue weighted by atomic mass is 16.5. The molecule has 0 N–H and O–H groups in total. The number of esters is 1. The number of ketones is 1. The Morgan fingerprint density at radius 1 is 1.38 bits per heavy atom. The smallest absolute Gasteiger partial charge is 0.302 e. The first-order valence-electron chi connectivity index (χ1n) is 4.37. The molecule has 0 atom stereocenters. The van der Waals surface area contributed by atoms with Gasteiger partial charge in [0.15, 0.2) is 5.78 Å². The van der Waals surface area contributed by atoms with Gasteiger partial charge in [-0.05, 0) is 12.5 Å². The van der Waals surface area contributed by atoms with Crippen molar-refractivity contribution >= 4 is 11.8 Å². The standard InChI is InChI=1S/C5H10O2.C5H8O/c1-3-4-7-5(2)6;1-3-5(6)4-2/h3-4H2,1-2H3;3H,1,4H2,2H3. The third-order valence-electron chi connectivity index (χ3n) is 1.09. The topological polar surface area (TPSA) is 43.4 Å². The number of carbonyl (C=O) groups excluding carboxylic acids is 2. The van der Waals surface area contributed by atoms with Crippen LogP contribution >= 0.6 is 0 Å². The molecule has 0 aromatic rings. The van der Waals surface area contributed by atoms with Crippen molar-refractivity contribution in [2.24, 2.45) is 0 Å². The van der Waals surface area contributed by atoms with E-state index in [1.54, 1.807) is 0 Å². The molecule has 13 heavy (non-hydrogen) atoms. The Morgan fingerprint density at radius 3 is 2.00 bits per heavy atom.